The zero-order chi connectivity index (χ0) is 23.4. The Balaban J connectivity index is 1.45. The van der Waals surface area contributed by atoms with Crippen molar-refractivity contribution in [2.24, 2.45) is 11.8 Å². The Hall–Kier alpha value is -2.24. The second kappa shape index (κ2) is 10.8. The van der Waals surface area contributed by atoms with Crippen molar-refractivity contribution in [3.8, 4) is 0 Å². The van der Waals surface area contributed by atoms with E-state index in [-0.39, 0.29) is 18.6 Å². The molecule has 2 N–H and O–H groups in total. The van der Waals surface area contributed by atoms with Crippen LogP contribution in [0.4, 0.5) is 0 Å². The minimum Gasteiger partial charge on any atom is -0.396 e. The molecule has 0 unspecified atom stereocenters. The highest BCUT2D eigenvalue weighted by Gasteiger charge is 2.32. The molecule has 0 spiro atoms. The molecule has 2 aliphatic rings. The second-order valence-corrected chi connectivity index (χ2v) is 10.2. The van der Waals surface area contributed by atoms with E-state index in [9.17, 15) is 9.90 Å². The van der Waals surface area contributed by atoms with Gasteiger partial charge in [0.1, 0.15) is 0 Å². The smallest absolute Gasteiger partial charge is 0.251 e. The fourth-order valence-corrected chi connectivity index (χ4v) is 5.60. The maximum absolute atomic E-state index is 13.1. The van der Waals surface area contributed by atoms with Gasteiger partial charge in [0.25, 0.3) is 5.91 Å². The van der Waals surface area contributed by atoms with Crippen LogP contribution in [0.25, 0.3) is 0 Å². The molecule has 1 saturated carbocycles. The third-order valence-electron chi connectivity index (χ3n) is 7.61. The van der Waals surface area contributed by atoms with Crippen molar-refractivity contribution in [3.63, 3.8) is 0 Å². The molecule has 0 radical (unpaired) electrons. The number of aryl methyl sites for hydroxylation is 1. The normalized spacial score (nSPS) is 23.8. The van der Waals surface area contributed by atoms with E-state index in [0.29, 0.717) is 18.0 Å². The maximum Gasteiger partial charge on any atom is 0.251 e. The van der Waals surface area contributed by atoms with Gasteiger partial charge in [-0.15, -0.1) is 0 Å². The summed E-state index contributed by atoms with van der Waals surface area (Å²) in [6, 6.07) is 10.3. The average Bonchev–Trinajstić information content (AvgIpc) is 3.16. The number of rotatable bonds is 8. The van der Waals surface area contributed by atoms with Gasteiger partial charge in [0, 0.05) is 37.5 Å². The summed E-state index contributed by atoms with van der Waals surface area (Å²) in [6.45, 7) is 8.73. The average molecular weight is 450 g/mol. The summed E-state index contributed by atoms with van der Waals surface area (Å²) < 4.78 is 0. The maximum atomic E-state index is 13.1. The van der Waals surface area contributed by atoms with Crippen molar-refractivity contribution < 1.29 is 9.90 Å². The van der Waals surface area contributed by atoms with Gasteiger partial charge in [-0.05, 0) is 79.3 Å². The van der Waals surface area contributed by atoms with Crippen LogP contribution in [0.15, 0.2) is 36.5 Å². The lowest BCUT2D eigenvalue weighted by Crippen LogP contribution is -2.30. The van der Waals surface area contributed by atoms with Gasteiger partial charge in [-0.3, -0.25) is 14.7 Å². The van der Waals surface area contributed by atoms with E-state index >= 15 is 0 Å². The van der Waals surface area contributed by atoms with Gasteiger partial charge in [-0.1, -0.05) is 38.8 Å². The quantitative estimate of drug-likeness (QED) is 0.571. The molecule has 2 atom stereocenters. The Morgan fingerprint density at radius 1 is 1.21 bits per heavy atom. The summed E-state index contributed by atoms with van der Waals surface area (Å²) >= 11 is 0. The number of pyridine rings is 1. The summed E-state index contributed by atoms with van der Waals surface area (Å²) in [5, 5.41) is 12.6. The summed E-state index contributed by atoms with van der Waals surface area (Å²) in [7, 11) is 0. The number of benzene rings is 1. The molecule has 1 aliphatic heterocycles. The molecule has 2 heterocycles. The molecule has 1 aromatic carbocycles. The van der Waals surface area contributed by atoms with Crippen molar-refractivity contribution in [2.45, 2.75) is 77.9 Å². The lowest BCUT2D eigenvalue weighted by molar-refractivity contribution is 0.0928. The van der Waals surface area contributed by atoms with Crippen LogP contribution in [0.2, 0.25) is 0 Å². The van der Waals surface area contributed by atoms with Crippen molar-refractivity contribution in [3.05, 3.63) is 64.5 Å². The minimum atomic E-state index is -0.301. The van der Waals surface area contributed by atoms with Crippen molar-refractivity contribution in [2.75, 3.05) is 13.2 Å². The minimum absolute atomic E-state index is 0.00221. The first kappa shape index (κ1) is 23.9. The van der Waals surface area contributed by atoms with Gasteiger partial charge >= 0.3 is 0 Å². The van der Waals surface area contributed by atoms with E-state index in [1.807, 2.05) is 25.1 Å². The number of hydrogen-bond acceptors (Lipinski definition) is 4. The van der Waals surface area contributed by atoms with Crippen LogP contribution in [0, 0.1) is 18.8 Å². The molecular weight excluding hydrogens is 410 g/mol. The topological polar surface area (TPSA) is 65.5 Å². The number of carbonyl (C=O) groups excluding carboxylic acids is 1. The van der Waals surface area contributed by atoms with E-state index in [4.69, 9.17) is 0 Å². The first-order chi connectivity index (χ1) is 16.0. The van der Waals surface area contributed by atoms with Crippen LogP contribution < -0.4 is 5.32 Å². The highest BCUT2D eigenvalue weighted by atomic mass is 16.3. The molecule has 178 valence electrons. The van der Waals surface area contributed by atoms with Crippen LogP contribution in [0.5, 0.6) is 0 Å². The van der Waals surface area contributed by atoms with Crippen LogP contribution in [0.1, 0.15) is 97.2 Å². The Bertz CT molecular complexity index is 935. The summed E-state index contributed by atoms with van der Waals surface area (Å²) in [5.41, 5.74) is 5.20. The predicted molar refractivity (Wildman–Crippen MR) is 132 cm³/mol. The fourth-order valence-electron chi connectivity index (χ4n) is 5.60. The largest absolute Gasteiger partial charge is 0.396 e. The Labute approximate surface area is 198 Å². The van der Waals surface area contributed by atoms with Crippen LogP contribution in [-0.4, -0.2) is 34.0 Å². The highest BCUT2D eigenvalue weighted by Crippen LogP contribution is 2.39. The molecule has 1 aliphatic carbocycles. The summed E-state index contributed by atoms with van der Waals surface area (Å²) in [6.07, 6.45) is 8.75. The van der Waals surface area contributed by atoms with Gasteiger partial charge < -0.3 is 10.4 Å². The number of aliphatic hydroxyl groups is 1. The third-order valence-corrected chi connectivity index (χ3v) is 7.61. The van der Waals surface area contributed by atoms with Gasteiger partial charge in [0.05, 0.1) is 11.7 Å². The summed E-state index contributed by atoms with van der Waals surface area (Å²) in [5.74, 6) is 1.57. The fraction of sp³-hybridized carbons (Fsp3) is 0.571. The molecule has 1 aromatic heterocycles. The van der Waals surface area contributed by atoms with Crippen LogP contribution in [-0.2, 0) is 6.54 Å². The summed E-state index contributed by atoms with van der Waals surface area (Å²) in [4.78, 5) is 20.2. The molecule has 0 saturated heterocycles. The molecule has 33 heavy (non-hydrogen) atoms. The molecule has 1 fully saturated rings. The number of hydrogen-bond donors (Lipinski definition) is 2. The number of aliphatic hydroxyl groups excluding tert-OH is 1. The SMILES string of the molecule is CC[C@H]1c2ccc(C(=O)N[C@@H](CCO)c3ccc(C)cn3)cc2CN1CC1CCC(C)CC1. The number of aromatic nitrogens is 1. The number of nitrogens with zero attached hydrogens (tertiary/aromatic N) is 2. The van der Waals surface area contributed by atoms with E-state index in [2.05, 4.69) is 41.2 Å². The van der Waals surface area contributed by atoms with Gasteiger partial charge in [-0.2, -0.15) is 0 Å². The van der Waals surface area contributed by atoms with E-state index in [1.165, 1.54) is 43.4 Å². The van der Waals surface area contributed by atoms with Crippen molar-refractivity contribution in [1.29, 1.82) is 0 Å². The number of amides is 1. The lowest BCUT2D eigenvalue weighted by Gasteiger charge is -2.32. The number of fused-ring (bicyclic) bond motifs is 1. The molecule has 1 amide bonds. The van der Waals surface area contributed by atoms with Gasteiger partial charge in [0.2, 0.25) is 0 Å². The highest BCUT2D eigenvalue weighted by molar-refractivity contribution is 5.94. The zero-order valence-electron chi connectivity index (χ0n) is 20.4. The van der Waals surface area contributed by atoms with Crippen molar-refractivity contribution >= 4 is 5.91 Å². The van der Waals surface area contributed by atoms with Crippen molar-refractivity contribution in [1.82, 2.24) is 15.2 Å². The van der Waals surface area contributed by atoms with E-state index in [1.54, 1.807) is 6.20 Å². The lowest BCUT2D eigenvalue weighted by atomic mass is 9.82. The first-order valence-corrected chi connectivity index (χ1v) is 12.7. The standard InChI is InChI=1S/C28H39N3O2/c1-4-27-24-11-10-22(15-23(24)18-31(27)17-21-8-5-19(2)6-9-21)28(33)30-26(13-14-32)25-12-7-20(3)16-29-25/h7,10-12,15-16,19,21,26-27,32H,4-6,8-9,13-14,17-18H2,1-3H3,(H,30,33)/t19?,21?,26-,27-/m0/s1. The third kappa shape index (κ3) is 5.64. The molecule has 2 aromatic rings. The van der Waals surface area contributed by atoms with E-state index in [0.717, 1.165) is 36.1 Å². The first-order valence-electron chi connectivity index (χ1n) is 12.7. The Morgan fingerprint density at radius 2 is 2.00 bits per heavy atom. The zero-order valence-corrected chi connectivity index (χ0v) is 20.4. The second-order valence-electron chi connectivity index (χ2n) is 10.2. The predicted octanol–water partition coefficient (Wildman–Crippen LogP) is 5.34. The monoisotopic (exact) mass is 449 g/mol. The molecule has 4 rings (SSSR count). The molecule has 5 heteroatoms. The molecule has 0 bridgehead atoms. The molecule has 5 nitrogen and oxygen atoms in total. The van der Waals surface area contributed by atoms with Gasteiger partial charge in [-0.25, -0.2) is 0 Å². The molecular formula is C28H39N3O2. The van der Waals surface area contributed by atoms with Crippen LogP contribution >= 0.6 is 0 Å². The number of nitrogens with one attached hydrogen (secondary N) is 1. The Kier molecular flexibility index (Phi) is 7.82. The Morgan fingerprint density at radius 3 is 2.67 bits per heavy atom. The number of carbonyl (C=O) groups is 1. The van der Waals surface area contributed by atoms with Crippen LogP contribution in [0.3, 0.4) is 0 Å². The van der Waals surface area contributed by atoms with Gasteiger partial charge in [0.15, 0.2) is 0 Å². The van der Waals surface area contributed by atoms with E-state index < -0.39 is 0 Å².